The van der Waals surface area contributed by atoms with Gasteiger partial charge in [-0.2, -0.15) is 0 Å². The van der Waals surface area contributed by atoms with E-state index in [2.05, 4.69) is 22.2 Å². The molecule has 1 rings (SSSR count). The van der Waals surface area contributed by atoms with Crippen LogP contribution in [0.15, 0.2) is 0 Å². The van der Waals surface area contributed by atoms with Crippen molar-refractivity contribution in [3.63, 3.8) is 0 Å². The van der Waals surface area contributed by atoms with E-state index < -0.39 is 0 Å². The number of aromatic nitrogens is 2. The number of nitrogens with zero attached hydrogens (tertiary/aromatic N) is 2. The first-order chi connectivity index (χ1) is 8.49. The van der Waals surface area contributed by atoms with Crippen molar-refractivity contribution in [2.24, 2.45) is 5.92 Å². The molecule has 0 radical (unpaired) electrons. The van der Waals surface area contributed by atoms with Gasteiger partial charge in [0, 0.05) is 12.1 Å². The fourth-order valence-electron chi connectivity index (χ4n) is 1.70. The zero-order valence-electron chi connectivity index (χ0n) is 11.5. The Morgan fingerprint density at radius 1 is 1.33 bits per heavy atom. The Morgan fingerprint density at radius 3 is 2.56 bits per heavy atom. The second kappa shape index (κ2) is 6.90. The molecule has 1 heterocycles. The maximum absolute atomic E-state index is 9.94. The molecule has 2 atom stereocenters. The molecule has 0 fully saturated rings. The van der Waals surface area contributed by atoms with Crippen molar-refractivity contribution in [3.05, 3.63) is 16.5 Å². The number of aliphatic hydroxyl groups is 1. The number of halogens is 1. The molecule has 0 saturated carbocycles. The Morgan fingerprint density at radius 2 is 2.00 bits per heavy atom. The molecule has 0 aromatic carbocycles. The van der Waals surface area contributed by atoms with E-state index in [4.69, 9.17) is 11.6 Å². The molecule has 0 spiro atoms. The van der Waals surface area contributed by atoms with E-state index in [9.17, 15) is 5.11 Å². The van der Waals surface area contributed by atoms with Crippen LogP contribution in [0.2, 0.25) is 5.15 Å². The van der Waals surface area contributed by atoms with Crippen LogP contribution in [0.3, 0.4) is 0 Å². The number of aliphatic hydroxyl groups excluding tert-OH is 1. The van der Waals surface area contributed by atoms with Gasteiger partial charge >= 0.3 is 0 Å². The standard InChI is InChI=1S/C13H22ClN3O/c1-5-8(3)11(18)7-15-13-10(6-2)12(14)16-9(4)17-13/h8,11,18H,5-7H2,1-4H3,(H,15,16,17). The maximum atomic E-state index is 9.94. The lowest BCUT2D eigenvalue weighted by Crippen LogP contribution is -2.27. The minimum Gasteiger partial charge on any atom is -0.391 e. The zero-order chi connectivity index (χ0) is 13.7. The van der Waals surface area contributed by atoms with Crippen molar-refractivity contribution in [2.75, 3.05) is 11.9 Å². The van der Waals surface area contributed by atoms with Crippen LogP contribution < -0.4 is 5.32 Å². The number of aryl methyl sites for hydroxylation is 1. The van der Waals surface area contributed by atoms with Crippen LogP contribution in [0.5, 0.6) is 0 Å². The first kappa shape index (κ1) is 15.2. The van der Waals surface area contributed by atoms with Gasteiger partial charge in [0.25, 0.3) is 0 Å². The molecular weight excluding hydrogens is 250 g/mol. The van der Waals surface area contributed by atoms with E-state index in [1.165, 1.54) is 0 Å². The third-order valence-electron chi connectivity index (χ3n) is 3.20. The van der Waals surface area contributed by atoms with E-state index in [1.54, 1.807) is 0 Å². The highest BCUT2D eigenvalue weighted by molar-refractivity contribution is 6.30. The Hall–Kier alpha value is -0.870. The quantitative estimate of drug-likeness (QED) is 0.781. The summed E-state index contributed by atoms with van der Waals surface area (Å²) < 4.78 is 0. The Balaban J connectivity index is 2.78. The summed E-state index contributed by atoms with van der Waals surface area (Å²) in [5, 5.41) is 13.6. The SMILES string of the molecule is CCc1c(Cl)nc(C)nc1NCC(O)C(C)CC. The van der Waals surface area contributed by atoms with E-state index >= 15 is 0 Å². The smallest absolute Gasteiger partial charge is 0.138 e. The van der Waals surface area contributed by atoms with Gasteiger partial charge in [-0.15, -0.1) is 0 Å². The summed E-state index contributed by atoms with van der Waals surface area (Å²) in [6.45, 7) is 8.40. The molecule has 2 unspecified atom stereocenters. The molecule has 5 heteroatoms. The van der Waals surface area contributed by atoms with Gasteiger partial charge in [0.05, 0.1) is 6.10 Å². The Kier molecular flexibility index (Phi) is 5.82. The third kappa shape index (κ3) is 3.82. The Bertz CT molecular complexity index is 398. The van der Waals surface area contributed by atoms with Crippen molar-refractivity contribution in [1.29, 1.82) is 0 Å². The van der Waals surface area contributed by atoms with E-state index in [0.717, 1.165) is 24.2 Å². The first-order valence-electron chi connectivity index (χ1n) is 6.44. The number of rotatable bonds is 6. The van der Waals surface area contributed by atoms with Crippen LogP contribution in [0.1, 0.15) is 38.6 Å². The minimum absolute atomic E-state index is 0.265. The third-order valence-corrected chi connectivity index (χ3v) is 3.51. The first-order valence-corrected chi connectivity index (χ1v) is 6.82. The van der Waals surface area contributed by atoms with Crippen LogP contribution in [0.25, 0.3) is 0 Å². The molecule has 0 saturated heterocycles. The second-order valence-electron chi connectivity index (χ2n) is 4.58. The predicted octanol–water partition coefficient (Wildman–Crippen LogP) is 2.82. The maximum Gasteiger partial charge on any atom is 0.138 e. The van der Waals surface area contributed by atoms with Crippen molar-refractivity contribution in [3.8, 4) is 0 Å². The van der Waals surface area contributed by atoms with Gasteiger partial charge in [0.15, 0.2) is 0 Å². The lowest BCUT2D eigenvalue weighted by Gasteiger charge is -2.19. The van der Waals surface area contributed by atoms with Crippen molar-refractivity contribution in [2.45, 2.75) is 46.6 Å². The van der Waals surface area contributed by atoms with Crippen LogP contribution in [-0.4, -0.2) is 27.7 Å². The predicted molar refractivity (Wildman–Crippen MR) is 75.1 cm³/mol. The normalized spacial score (nSPS) is 14.3. The summed E-state index contributed by atoms with van der Waals surface area (Å²) in [5.41, 5.74) is 0.901. The van der Waals surface area contributed by atoms with Crippen LogP contribution in [0, 0.1) is 12.8 Å². The summed E-state index contributed by atoms with van der Waals surface area (Å²) in [5.74, 6) is 1.64. The monoisotopic (exact) mass is 271 g/mol. The largest absolute Gasteiger partial charge is 0.391 e. The van der Waals surface area contributed by atoms with Crippen molar-refractivity contribution >= 4 is 17.4 Å². The number of hydrogen-bond acceptors (Lipinski definition) is 4. The highest BCUT2D eigenvalue weighted by Crippen LogP contribution is 2.22. The fraction of sp³-hybridized carbons (Fsp3) is 0.692. The molecule has 0 aliphatic heterocycles. The molecule has 1 aromatic rings. The van der Waals surface area contributed by atoms with Gasteiger partial charge in [-0.1, -0.05) is 38.8 Å². The van der Waals surface area contributed by atoms with E-state index in [1.807, 2.05) is 20.8 Å². The molecule has 0 aliphatic carbocycles. The number of hydrogen-bond donors (Lipinski definition) is 2. The lowest BCUT2D eigenvalue weighted by molar-refractivity contribution is 0.126. The summed E-state index contributed by atoms with van der Waals surface area (Å²) in [6, 6.07) is 0. The molecule has 102 valence electrons. The molecular formula is C13H22ClN3O. The highest BCUT2D eigenvalue weighted by Gasteiger charge is 2.14. The molecule has 18 heavy (non-hydrogen) atoms. The van der Waals surface area contributed by atoms with Crippen LogP contribution >= 0.6 is 11.6 Å². The molecule has 0 amide bonds. The van der Waals surface area contributed by atoms with E-state index in [-0.39, 0.29) is 12.0 Å². The van der Waals surface area contributed by atoms with Gasteiger partial charge < -0.3 is 10.4 Å². The van der Waals surface area contributed by atoms with Crippen molar-refractivity contribution in [1.82, 2.24) is 9.97 Å². The van der Waals surface area contributed by atoms with Gasteiger partial charge in [-0.05, 0) is 19.3 Å². The van der Waals surface area contributed by atoms with Crippen LogP contribution in [-0.2, 0) is 6.42 Å². The summed E-state index contributed by atoms with van der Waals surface area (Å²) in [7, 11) is 0. The Labute approximate surface area is 114 Å². The number of anilines is 1. The van der Waals surface area contributed by atoms with Crippen molar-refractivity contribution < 1.29 is 5.11 Å². The molecule has 2 N–H and O–H groups in total. The minimum atomic E-state index is -0.381. The molecule has 1 aromatic heterocycles. The molecule has 0 bridgehead atoms. The van der Waals surface area contributed by atoms with Gasteiger partial charge in [0.1, 0.15) is 16.8 Å². The highest BCUT2D eigenvalue weighted by atomic mass is 35.5. The summed E-state index contributed by atoms with van der Waals surface area (Å²) >= 11 is 6.09. The van der Waals surface area contributed by atoms with Gasteiger partial charge in [-0.3, -0.25) is 0 Å². The topological polar surface area (TPSA) is 58.0 Å². The van der Waals surface area contributed by atoms with Crippen LogP contribution in [0.4, 0.5) is 5.82 Å². The molecule has 4 nitrogen and oxygen atoms in total. The zero-order valence-corrected chi connectivity index (χ0v) is 12.3. The average Bonchev–Trinajstić information content (AvgIpc) is 2.34. The second-order valence-corrected chi connectivity index (χ2v) is 4.93. The summed E-state index contributed by atoms with van der Waals surface area (Å²) in [4.78, 5) is 8.48. The van der Waals surface area contributed by atoms with Gasteiger partial charge in [-0.25, -0.2) is 9.97 Å². The van der Waals surface area contributed by atoms with E-state index in [0.29, 0.717) is 17.5 Å². The lowest BCUT2D eigenvalue weighted by atomic mass is 10.0. The fourth-order valence-corrected chi connectivity index (χ4v) is 2.04. The number of nitrogens with one attached hydrogen (secondary N) is 1. The van der Waals surface area contributed by atoms with Gasteiger partial charge in [0.2, 0.25) is 0 Å². The average molecular weight is 272 g/mol. The molecule has 0 aliphatic rings. The summed E-state index contributed by atoms with van der Waals surface area (Å²) in [6.07, 6.45) is 1.34.